The van der Waals surface area contributed by atoms with Crippen molar-refractivity contribution in [2.24, 2.45) is 0 Å². The van der Waals surface area contributed by atoms with E-state index in [1.54, 1.807) is 0 Å². The Morgan fingerprint density at radius 3 is 3.00 bits per heavy atom. The highest BCUT2D eigenvalue weighted by molar-refractivity contribution is 9.10. The Labute approximate surface area is 107 Å². The largest absolute Gasteiger partial charge is 0.365 e. The van der Waals surface area contributed by atoms with Crippen molar-refractivity contribution in [3.63, 3.8) is 0 Å². The zero-order valence-electron chi connectivity index (χ0n) is 9.39. The molecule has 1 aromatic heterocycles. The van der Waals surface area contributed by atoms with Crippen LogP contribution in [-0.4, -0.2) is 41.0 Å². The van der Waals surface area contributed by atoms with Gasteiger partial charge in [-0.15, -0.1) is 0 Å². The highest BCUT2D eigenvalue weighted by Gasteiger charge is 2.20. The van der Waals surface area contributed by atoms with Gasteiger partial charge in [-0.05, 0) is 35.9 Å². The summed E-state index contributed by atoms with van der Waals surface area (Å²) >= 11 is 3.29. The van der Waals surface area contributed by atoms with Crippen LogP contribution in [-0.2, 0) is 0 Å². The molecule has 0 radical (unpaired) electrons. The van der Waals surface area contributed by atoms with Crippen molar-refractivity contribution in [2.45, 2.75) is 12.5 Å². The van der Waals surface area contributed by atoms with Crippen molar-refractivity contribution in [3.05, 3.63) is 26.9 Å². The van der Waals surface area contributed by atoms with Crippen LogP contribution in [0.15, 0.2) is 16.7 Å². The van der Waals surface area contributed by atoms with E-state index in [1.807, 2.05) is 0 Å². The van der Waals surface area contributed by atoms with E-state index in [4.69, 9.17) is 0 Å². The number of likely N-dealkylation sites (N-methyl/N-ethyl adjacent to an activating group) is 1. The van der Waals surface area contributed by atoms with E-state index in [-0.39, 0.29) is 5.69 Å². The average Bonchev–Trinajstić information content (AvgIpc) is 2.67. The fourth-order valence-corrected chi connectivity index (χ4v) is 2.33. The molecule has 0 aromatic carbocycles. The van der Waals surface area contributed by atoms with Crippen LogP contribution in [0, 0.1) is 10.1 Å². The maximum atomic E-state index is 10.6. The molecule has 6 nitrogen and oxygen atoms in total. The van der Waals surface area contributed by atoms with Gasteiger partial charge in [0.25, 0.3) is 5.69 Å². The molecule has 17 heavy (non-hydrogen) atoms. The summed E-state index contributed by atoms with van der Waals surface area (Å²) in [5, 5.41) is 13.9. The number of nitrogens with zero attached hydrogens (tertiary/aromatic N) is 3. The smallest absolute Gasteiger partial charge is 0.288 e. The van der Waals surface area contributed by atoms with Crippen molar-refractivity contribution in [1.82, 2.24) is 9.88 Å². The molecule has 7 heteroatoms. The number of hydrogen-bond acceptors (Lipinski definition) is 5. The number of pyridine rings is 1. The third kappa shape index (κ3) is 2.92. The number of aromatic nitrogens is 1. The van der Waals surface area contributed by atoms with E-state index in [9.17, 15) is 10.1 Å². The Morgan fingerprint density at radius 1 is 1.71 bits per heavy atom. The lowest BCUT2D eigenvalue weighted by Crippen LogP contribution is -2.24. The Kier molecular flexibility index (Phi) is 3.58. The van der Waals surface area contributed by atoms with Crippen molar-refractivity contribution in [1.29, 1.82) is 0 Å². The number of nitrogens with one attached hydrogen (secondary N) is 1. The molecule has 92 valence electrons. The molecule has 1 fully saturated rings. The van der Waals surface area contributed by atoms with Gasteiger partial charge in [-0.1, -0.05) is 0 Å². The molecule has 0 spiro atoms. The predicted octanol–water partition coefficient (Wildman–Crippen LogP) is 1.87. The van der Waals surface area contributed by atoms with Crippen LogP contribution in [0.1, 0.15) is 6.42 Å². The van der Waals surface area contributed by atoms with E-state index < -0.39 is 4.92 Å². The van der Waals surface area contributed by atoms with Gasteiger partial charge in [0.1, 0.15) is 12.0 Å². The maximum Gasteiger partial charge on any atom is 0.288 e. The van der Waals surface area contributed by atoms with Gasteiger partial charge in [0.15, 0.2) is 0 Å². The third-order valence-corrected chi connectivity index (χ3v) is 3.37. The van der Waals surface area contributed by atoms with Crippen LogP contribution < -0.4 is 5.32 Å². The van der Waals surface area contributed by atoms with Gasteiger partial charge in [0.05, 0.1) is 9.40 Å². The second kappa shape index (κ2) is 4.97. The topological polar surface area (TPSA) is 71.3 Å². The molecule has 0 aliphatic carbocycles. The van der Waals surface area contributed by atoms with Crippen LogP contribution in [0.4, 0.5) is 11.5 Å². The molecular weight excluding hydrogens is 288 g/mol. The van der Waals surface area contributed by atoms with E-state index in [0.29, 0.717) is 16.3 Å². The van der Waals surface area contributed by atoms with Gasteiger partial charge in [-0.3, -0.25) is 10.1 Å². The second-order valence-corrected chi connectivity index (χ2v) is 5.03. The molecule has 0 saturated carbocycles. The van der Waals surface area contributed by atoms with E-state index in [1.165, 1.54) is 12.3 Å². The highest BCUT2D eigenvalue weighted by Crippen LogP contribution is 2.26. The summed E-state index contributed by atoms with van der Waals surface area (Å²) in [4.78, 5) is 16.4. The summed E-state index contributed by atoms with van der Waals surface area (Å²) in [7, 11) is 2.07. The van der Waals surface area contributed by atoms with Gasteiger partial charge in [-0.2, -0.15) is 0 Å². The number of nitro groups is 1. The number of likely N-dealkylation sites (tertiary alicyclic amines) is 1. The summed E-state index contributed by atoms with van der Waals surface area (Å²) in [5.41, 5.74) is -0.00837. The lowest BCUT2D eigenvalue weighted by Gasteiger charge is -2.14. The van der Waals surface area contributed by atoms with Gasteiger partial charge in [-0.25, -0.2) is 4.98 Å². The van der Waals surface area contributed by atoms with E-state index in [2.05, 4.69) is 38.2 Å². The molecule has 1 atom stereocenters. The number of anilines is 1. The summed E-state index contributed by atoms with van der Waals surface area (Å²) in [5.74, 6) is 0.663. The van der Waals surface area contributed by atoms with Crippen LogP contribution in [0.2, 0.25) is 0 Å². The first-order valence-electron chi connectivity index (χ1n) is 5.31. The van der Waals surface area contributed by atoms with Crippen molar-refractivity contribution in [2.75, 3.05) is 25.5 Å². The Hall–Kier alpha value is -1.21. The molecule has 2 heterocycles. The zero-order chi connectivity index (χ0) is 12.4. The molecule has 1 saturated heterocycles. The minimum atomic E-state index is -0.453. The highest BCUT2D eigenvalue weighted by atomic mass is 79.9. The maximum absolute atomic E-state index is 10.6. The minimum absolute atomic E-state index is 0.00837. The van der Waals surface area contributed by atoms with Crippen LogP contribution in [0.25, 0.3) is 0 Å². The normalized spacial score (nSPS) is 20.5. The lowest BCUT2D eigenvalue weighted by molar-refractivity contribution is -0.385. The molecule has 1 aliphatic rings. The number of rotatable bonds is 3. The van der Waals surface area contributed by atoms with Crippen LogP contribution >= 0.6 is 15.9 Å². The van der Waals surface area contributed by atoms with Gasteiger partial charge in [0.2, 0.25) is 0 Å². The fourth-order valence-electron chi connectivity index (χ4n) is 1.88. The SMILES string of the molecule is CN1CCC(Nc2ncc([N+](=O)[O-])cc2Br)C1. The molecule has 1 N–H and O–H groups in total. The summed E-state index contributed by atoms with van der Waals surface area (Å²) in [6, 6.07) is 1.82. The Bertz CT molecular complexity index is 440. The number of halogens is 1. The predicted molar refractivity (Wildman–Crippen MR) is 68.1 cm³/mol. The monoisotopic (exact) mass is 300 g/mol. The first-order valence-corrected chi connectivity index (χ1v) is 6.10. The Morgan fingerprint density at radius 2 is 2.47 bits per heavy atom. The second-order valence-electron chi connectivity index (χ2n) is 4.17. The first-order chi connectivity index (χ1) is 8.06. The van der Waals surface area contributed by atoms with Crippen molar-refractivity contribution in [3.8, 4) is 0 Å². The number of hydrogen-bond donors (Lipinski definition) is 1. The quantitative estimate of drug-likeness (QED) is 0.681. The molecule has 1 unspecified atom stereocenters. The lowest BCUT2D eigenvalue weighted by atomic mass is 10.2. The van der Waals surface area contributed by atoms with E-state index in [0.717, 1.165) is 19.5 Å². The standard InChI is InChI=1S/C10H13BrN4O2/c1-14-3-2-7(6-14)13-10-9(11)4-8(5-12-10)15(16)17/h4-5,7H,2-3,6H2,1H3,(H,12,13). The molecule has 1 aromatic rings. The van der Waals surface area contributed by atoms with Crippen LogP contribution in [0.5, 0.6) is 0 Å². The molecule has 0 amide bonds. The summed E-state index contributed by atoms with van der Waals surface area (Å²) in [6.45, 7) is 2.02. The van der Waals surface area contributed by atoms with Gasteiger partial charge < -0.3 is 10.2 Å². The Balaban J connectivity index is 2.09. The first kappa shape index (κ1) is 12.3. The van der Waals surface area contributed by atoms with Gasteiger partial charge >= 0.3 is 0 Å². The summed E-state index contributed by atoms with van der Waals surface area (Å²) < 4.78 is 0.626. The van der Waals surface area contributed by atoms with Crippen molar-refractivity contribution < 1.29 is 4.92 Å². The molecule has 1 aliphatic heterocycles. The zero-order valence-corrected chi connectivity index (χ0v) is 11.0. The van der Waals surface area contributed by atoms with Gasteiger partial charge in [0, 0.05) is 18.7 Å². The summed E-state index contributed by atoms with van der Waals surface area (Å²) in [6.07, 6.45) is 2.33. The third-order valence-electron chi connectivity index (χ3n) is 2.77. The van der Waals surface area contributed by atoms with E-state index >= 15 is 0 Å². The molecular formula is C10H13BrN4O2. The fraction of sp³-hybridized carbons (Fsp3) is 0.500. The molecule has 2 rings (SSSR count). The van der Waals surface area contributed by atoms with Crippen LogP contribution in [0.3, 0.4) is 0 Å². The molecule has 0 bridgehead atoms. The minimum Gasteiger partial charge on any atom is -0.365 e. The average molecular weight is 301 g/mol. The van der Waals surface area contributed by atoms with Crippen molar-refractivity contribution >= 4 is 27.4 Å².